The summed E-state index contributed by atoms with van der Waals surface area (Å²) in [6.07, 6.45) is 4.48. The van der Waals surface area contributed by atoms with Crippen LogP contribution in [0.5, 0.6) is 0 Å². The summed E-state index contributed by atoms with van der Waals surface area (Å²) in [7, 11) is 0. The number of aromatic nitrogens is 1. The third kappa shape index (κ3) is 4.16. The van der Waals surface area contributed by atoms with Crippen molar-refractivity contribution in [3.63, 3.8) is 0 Å². The molecule has 1 fully saturated rings. The molecule has 0 saturated heterocycles. The average Bonchev–Trinajstić information content (AvgIpc) is 2.61. The van der Waals surface area contributed by atoms with E-state index in [2.05, 4.69) is 17.2 Å². The second-order valence-electron chi connectivity index (χ2n) is 6.84. The molecule has 1 N–H and O–H groups in total. The number of para-hydroxylation sites is 1. The second-order valence-corrected chi connectivity index (χ2v) is 6.84. The quantitative estimate of drug-likeness (QED) is 0.866. The van der Waals surface area contributed by atoms with Gasteiger partial charge in [0, 0.05) is 17.1 Å². The standard InChI is InChI=1S/C20H24N2O3/c1-13-7-3-5-9-17(13)22-19(23)12-25-20(24)16-11-14(2)21-18-10-6-4-8-15(16)18/h4,6,8,10-11,13,17H,3,5,7,9,12H2,1-2H3,(H,22,23)/t13-,17+/m1/s1. The number of amides is 1. The number of fused-ring (bicyclic) bond motifs is 1. The smallest absolute Gasteiger partial charge is 0.339 e. The Morgan fingerprint density at radius 3 is 2.80 bits per heavy atom. The Morgan fingerprint density at radius 1 is 1.24 bits per heavy atom. The maximum atomic E-state index is 12.4. The highest BCUT2D eigenvalue weighted by Crippen LogP contribution is 2.23. The Hall–Kier alpha value is -2.43. The number of benzene rings is 1. The lowest BCUT2D eigenvalue weighted by Gasteiger charge is -2.29. The molecule has 132 valence electrons. The topological polar surface area (TPSA) is 68.3 Å². The van der Waals surface area contributed by atoms with Crippen LogP contribution < -0.4 is 5.32 Å². The molecule has 3 rings (SSSR count). The van der Waals surface area contributed by atoms with Gasteiger partial charge >= 0.3 is 5.97 Å². The molecule has 2 aromatic rings. The summed E-state index contributed by atoms with van der Waals surface area (Å²) in [5, 5.41) is 3.73. The fraction of sp³-hybridized carbons (Fsp3) is 0.450. The van der Waals surface area contributed by atoms with Crippen molar-refractivity contribution >= 4 is 22.8 Å². The lowest BCUT2D eigenvalue weighted by Crippen LogP contribution is -2.42. The van der Waals surface area contributed by atoms with Gasteiger partial charge in [0.2, 0.25) is 0 Å². The number of esters is 1. The minimum absolute atomic E-state index is 0.184. The van der Waals surface area contributed by atoms with Crippen molar-refractivity contribution in [1.29, 1.82) is 0 Å². The van der Waals surface area contributed by atoms with Gasteiger partial charge in [-0.1, -0.05) is 38.0 Å². The predicted octanol–water partition coefficient (Wildman–Crippen LogP) is 3.39. The number of nitrogens with one attached hydrogen (secondary N) is 1. The van der Waals surface area contributed by atoms with Crippen LogP contribution in [-0.2, 0) is 9.53 Å². The largest absolute Gasteiger partial charge is 0.452 e. The van der Waals surface area contributed by atoms with E-state index in [1.807, 2.05) is 31.2 Å². The summed E-state index contributed by atoms with van der Waals surface area (Å²) in [5.74, 6) is -0.254. The molecule has 1 amide bonds. The van der Waals surface area contributed by atoms with E-state index in [9.17, 15) is 9.59 Å². The molecule has 5 heteroatoms. The molecule has 1 aliphatic carbocycles. The van der Waals surface area contributed by atoms with Crippen LogP contribution in [0.25, 0.3) is 10.9 Å². The molecule has 2 atom stereocenters. The van der Waals surface area contributed by atoms with Crippen LogP contribution in [0.15, 0.2) is 30.3 Å². The zero-order chi connectivity index (χ0) is 17.8. The van der Waals surface area contributed by atoms with E-state index >= 15 is 0 Å². The van der Waals surface area contributed by atoms with Crippen molar-refractivity contribution in [2.75, 3.05) is 6.61 Å². The summed E-state index contributed by atoms with van der Waals surface area (Å²) in [6, 6.07) is 9.31. The average molecular weight is 340 g/mol. The van der Waals surface area contributed by atoms with Gasteiger partial charge in [-0.05, 0) is 37.8 Å². The number of ether oxygens (including phenoxy) is 1. The van der Waals surface area contributed by atoms with Crippen molar-refractivity contribution in [3.05, 3.63) is 41.6 Å². The lowest BCUT2D eigenvalue weighted by atomic mass is 9.86. The zero-order valence-electron chi connectivity index (χ0n) is 14.7. The van der Waals surface area contributed by atoms with Crippen LogP contribution in [0.1, 0.15) is 48.7 Å². The highest BCUT2D eigenvalue weighted by atomic mass is 16.5. The summed E-state index contributed by atoms with van der Waals surface area (Å²) >= 11 is 0. The normalized spacial score (nSPS) is 20.2. The molecule has 1 heterocycles. The molecule has 5 nitrogen and oxygen atoms in total. The maximum Gasteiger partial charge on any atom is 0.339 e. The third-order valence-corrected chi connectivity index (χ3v) is 4.86. The Morgan fingerprint density at radius 2 is 2.00 bits per heavy atom. The number of aryl methyl sites for hydroxylation is 1. The number of carbonyl (C=O) groups is 2. The molecule has 0 aliphatic heterocycles. The Balaban J connectivity index is 1.64. The Bertz CT molecular complexity index is 788. The third-order valence-electron chi connectivity index (χ3n) is 4.86. The predicted molar refractivity (Wildman–Crippen MR) is 96.3 cm³/mol. The minimum atomic E-state index is -0.492. The zero-order valence-corrected chi connectivity index (χ0v) is 14.7. The number of pyridine rings is 1. The first-order valence-electron chi connectivity index (χ1n) is 8.87. The molecule has 0 unspecified atom stereocenters. The van der Waals surface area contributed by atoms with E-state index in [0.29, 0.717) is 11.5 Å². The van der Waals surface area contributed by atoms with E-state index in [1.165, 1.54) is 6.42 Å². The van der Waals surface area contributed by atoms with Gasteiger partial charge in [-0.3, -0.25) is 9.78 Å². The molecule has 0 bridgehead atoms. The summed E-state index contributed by atoms with van der Waals surface area (Å²) in [5.41, 5.74) is 1.93. The summed E-state index contributed by atoms with van der Waals surface area (Å²) < 4.78 is 5.25. The van der Waals surface area contributed by atoms with Crippen LogP contribution in [0.3, 0.4) is 0 Å². The fourth-order valence-electron chi connectivity index (χ4n) is 3.46. The van der Waals surface area contributed by atoms with Gasteiger partial charge in [0.25, 0.3) is 5.91 Å². The van der Waals surface area contributed by atoms with Crippen molar-refractivity contribution in [2.45, 2.75) is 45.6 Å². The highest BCUT2D eigenvalue weighted by molar-refractivity contribution is 6.04. The highest BCUT2D eigenvalue weighted by Gasteiger charge is 2.23. The van der Waals surface area contributed by atoms with E-state index in [1.54, 1.807) is 6.07 Å². The fourth-order valence-corrected chi connectivity index (χ4v) is 3.46. The molecule has 25 heavy (non-hydrogen) atoms. The number of nitrogens with zero attached hydrogens (tertiary/aromatic N) is 1. The van der Waals surface area contributed by atoms with Crippen molar-refractivity contribution in [3.8, 4) is 0 Å². The van der Waals surface area contributed by atoms with Gasteiger partial charge in [-0.2, -0.15) is 0 Å². The van der Waals surface area contributed by atoms with Crippen molar-refractivity contribution in [1.82, 2.24) is 10.3 Å². The first-order valence-corrected chi connectivity index (χ1v) is 8.87. The van der Waals surface area contributed by atoms with Crippen molar-refractivity contribution in [2.24, 2.45) is 5.92 Å². The van der Waals surface area contributed by atoms with E-state index < -0.39 is 5.97 Å². The maximum absolute atomic E-state index is 12.4. The van der Waals surface area contributed by atoms with E-state index in [4.69, 9.17) is 4.74 Å². The van der Waals surface area contributed by atoms with Crippen LogP contribution >= 0.6 is 0 Å². The molecular weight excluding hydrogens is 316 g/mol. The Labute approximate surface area is 147 Å². The summed E-state index contributed by atoms with van der Waals surface area (Å²) in [4.78, 5) is 29.0. The van der Waals surface area contributed by atoms with E-state index in [-0.39, 0.29) is 18.6 Å². The molecule has 1 aliphatic rings. The molecule has 1 aromatic heterocycles. The first kappa shape index (κ1) is 17.4. The molecule has 0 spiro atoms. The molecule has 0 radical (unpaired) electrons. The molecular formula is C20H24N2O3. The van der Waals surface area contributed by atoms with Gasteiger partial charge in [-0.25, -0.2) is 4.79 Å². The van der Waals surface area contributed by atoms with Gasteiger partial charge in [0.05, 0.1) is 11.1 Å². The molecule has 1 aromatic carbocycles. The number of rotatable bonds is 4. The SMILES string of the molecule is Cc1cc(C(=O)OCC(=O)N[C@H]2CCCC[C@H]2C)c2ccccc2n1. The van der Waals surface area contributed by atoms with Crippen molar-refractivity contribution < 1.29 is 14.3 Å². The van der Waals surface area contributed by atoms with Crippen LogP contribution in [-0.4, -0.2) is 29.5 Å². The summed E-state index contributed by atoms with van der Waals surface area (Å²) in [6.45, 7) is 3.74. The van der Waals surface area contributed by atoms with Gasteiger partial charge in [0.1, 0.15) is 0 Å². The minimum Gasteiger partial charge on any atom is -0.452 e. The second kappa shape index (κ2) is 7.64. The van der Waals surface area contributed by atoms with Crippen LogP contribution in [0, 0.1) is 12.8 Å². The van der Waals surface area contributed by atoms with Gasteiger partial charge in [0.15, 0.2) is 6.61 Å². The Kier molecular flexibility index (Phi) is 5.31. The monoisotopic (exact) mass is 340 g/mol. The first-order chi connectivity index (χ1) is 12.0. The number of hydrogen-bond acceptors (Lipinski definition) is 4. The molecule has 1 saturated carbocycles. The van der Waals surface area contributed by atoms with Gasteiger partial charge in [-0.15, -0.1) is 0 Å². The van der Waals surface area contributed by atoms with Crippen LogP contribution in [0.4, 0.5) is 0 Å². The van der Waals surface area contributed by atoms with E-state index in [0.717, 1.165) is 35.9 Å². The lowest BCUT2D eigenvalue weighted by molar-refractivity contribution is -0.125. The van der Waals surface area contributed by atoms with Gasteiger partial charge < -0.3 is 10.1 Å². The van der Waals surface area contributed by atoms with Crippen LogP contribution in [0.2, 0.25) is 0 Å². The number of hydrogen-bond donors (Lipinski definition) is 1. The number of carbonyl (C=O) groups excluding carboxylic acids is 2.